The number of methoxy groups -OCH3 is 2. The third-order valence-corrected chi connectivity index (χ3v) is 5.71. The number of carbonyl (C=O) groups is 3. The van der Waals surface area contributed by atoms with Crippen LogP contribution in [0.1, 0.15) is 39.2 Å². The Balaban J connectivity index is 1.70. The molecule has 1 aromatic carbocycles. The minimum atomic E-state index is -0.946. The van der Waals surface area contributed by atoms with Gasteiger partial charge in [-0.3, -0.25) is 9.59 Å². The van der Waals surface area contributed by atoms with Gasteiger partial charge in [0.05, 0.1) is 26.0 Å². The molecule has 0 saturated carbocycles. The van der Waals surface area contributed by atoms with Crippen molar-refractivity contribution in [2.24, 2.45) is 5.10 Å². The average Bonchev–Trinajstić information content (AvgIpc) is 3.11. The second-order valence-electron chi connectivity index (χ2n) is 6.30. The smallest absolute Gasteiger partial charge is 0.341 e. The van der Waals surface area contributed by atoms with Crippen LogP contribution in [0.3, 0.4) is 0 Å². The van der Waals surface area contributed by atoms with Gasteiger partial charge in [0.2, 0.25) is 0 Å². The molecule has 1 aliphatic carbocycles. The van der Waals surface area contributed by atoms with E-state index >= 15 is 0 Å². The van der Waals surface area contributed by atoms with Crippen molar-refractivity contribution in [3.63, 3.8) is 0 Å². The number of hydrazone groups is 1. The molecule has 1 heterocycles. The number of carbonyl (C=O) groups excluding carboxylic acids is 3. The second kappa shape index (κ2) is 9.33. The molecule has 0 atom stereocenters. The van der Waals surface area contributed by atoms with Crippen LogP contribution in [-0.4, -0.2) is 38.2 Å². The minimum Gasteiger partial charge on any atom is -0.496 e. The fourth-order valence-electron chi connectivity index (χ4n) is 3.12. The quantitative estimate of drug-likeness (QED) is 0.338. The molecule has 9 heteroatoms. The van der Waals surface area contributed by atoms with Gasteiger partial charge in [0.15, 0.2) is 0 Å². The average molecular weight is 415 g/mol. The van der Waals surface area contributed by atoms with Gasteiger partial charge in [-0.2, -0.15) is 5.10 Å². The Bertz CT molecular complexity index is 967. The molecular formula is C20H21N3O5S. The van der Waals surface area contributed by atoms with Gasteiger partial charge in [-0.25, -0.2) is 10.2 Å². The number of amides is 2. The molecule has 0 saturated heterocycles. The number of hydrogen-bond acceptors (Lipinski definition) is 7. The monoisotopic (exact) mass is 415 g/mol. The number of para-hydroxylation sites is 1. The highest BCUT2D eigenvalue weighted by atomic mass is 32.1. The largest absolute Gasteiger partial charge is 0.496 e. The fourth-order valence-corrected chi connectivity index (χ4v) is 4.39. The van der Waals surface area contributed by atoms with Crippen LogP contribution in [0.25, 0.3) is 0 Å². The zero-order valence-electron chi connectivity index (χ0n) is 16.1. The highest BCUT2D eigenvalue weighted by Crippen LogP contribution is 2.38. The first-order chi connectivity index (χ1) is 14.0. The summed E-state index contributed by atoms with van der Waals surface area (Å²) in [5, 5.41) is 6.65. The summed E-state index contributed by atoms with van der Waals surface area (Å²) in [6.45, 7) is 0. The molecule has 1 aromatic heterocycles. The lowest BCUT2D eigenvalue weighted by Gasteiger charge is -2.11. The van der Waals surface area contributed by atoms with Gasteiger partial charge in [-0.15, -0.1) is 11.3 Å². The maximum Gasteiger partial charge on any atom is 0.341 e. The molecule has 0 spiro atoms. The van der Waals surface area contributed by atoms with Crippen molar-refractivity contribution >= 4 is 40.3 Å². The SMILES string of the molecule is COC(=O)c1c(NC(=O)C(=O)N/N=C/c2ccccc2OC)sc2c1CCCC2. The molecule has 0 radical (unpaired) electrons. The van der Waals surface area contributed by atoms with Crippen molar-refractivity contribution in [2.45, 2.75) is 25.7 Å². The van der Waals surface area contributed by atoms with Gasteiger partial charge in [0.1, 0.15) is 10.8 Å². The van der Waals surface area contributed by atoms with Crippen LogP contribution in [0.15, 0.2) is 29.4 Å². The maximum atomic E-state index is 12.3. The molecule has 8 nitrogen and oxygen atoms in total. The Morgan fingerprint density at radius 3 is 2.62 bits per heavy atom. The van der Waals surface area contributed by atoms with E-state index in [0.29, 0.717) is 21.9 Å². The fraction of sp³-hybridized carbons (Fsp3) is 0.300. The Morgan fingerprint density at radius 2 is 1.86 bits per heavy atom. The van der Waals surface area contributed by atoms with Crippen LogP contribution in [0.5, 0.6) is 5.75 Å². The molecule has 0 unspecified atom stereocenters. The minimum absolute atomic E-state index is 0.331. The molecule has 2 N–H and O–H groups in total. The summed E-state index contributed by atoms with van der Waals surface area (Å²) < 4.78 is 10.0. The molecule has 3 rings (SSSR count). The van der Waals surface area contributed by atoms with Crippen molar-refractivity contribution in [1.29, 1.82) is 0 Å². The highest BCUT2D eigenvalue weighted by molar-refractivity contribution is 7.17. The lowest BCUT2D eigenvalue weighted by Crippen LogP contribution is -2.32. The standard InChI is InChI=1S/C20H21N3O5S/c1-27-14-9-5-3-7-12(14)11-21-23-18(25)17(24)22-19-16(20(26)28-2)13-8-4-6-10-15(13)29-19/h3,5,7,9,11H,4,6,8,10H2,1-2H3,(H,22,24)(H,23,25)/b21-11+. The maximum absolute atomic E-state index is 12.3. The Labute approximate surface area is 171 Å². The van der Waals surface area contributed by atoms with Gasteiger partial charge in [0.25, 0.3) is 0 Å². The highest BCUT2D eigenvalue weighted by Gasteiger charge is 2.28. The first-order valence-corrected chi connectivity index (χ1v) is 9.87. The number of nitrogens with one attached hydrogen (secondary N) is 2. The summed E-state index contributed by atoms with van der Waals surface area (Å²) in [6.07, 6.45) is 4.98. The number of anilines is 1. The van der Waals surface area contributed by atoms with Gasteiger partial charge in [0, 0.05) is 10.4 Å². The Kier molecular flexibility index (Phi) is 6.61. The number of aryl methyl sites for hydroxylation is 1. The summed E-state index contributed by atoms with van der Waals surface area (Å²) in [7, 11) is 2.82. The van der Waals surface area contributed by atoms with Crippen LogP contribution < -0.4 is 15.5 Å². The van der Waals surface area contributed by atoms with Crippen molar-refractivity contribution in [1.82, 2.24) is 5.43 Å². The van der Waals surface area contributed by atoms with Crippen LogP contribution in [-0.2, 0) is 27.2 Å². The first kappa shape index (κ1) is 20.5. The van der Waals surface area contributed by atoms with Crippen LogP contribution in [0, 0.1) is 0 Å². The van der Waals surface area contributed by atoms with E-state index in [9.17, 15) is 14.4 Å². The Morgan fingerprint density at radius 1 is 1.10 bits per heavy atom. The number of benzene rings is 1. The van der Waals surface area contributed by atoms with Crippen molar-refractivity contribution in [2.75, 3.05) is 19.5 Å². The predicted molar refractivity (Wildman–Crippen MR) is 110 cm³/mol. The third kappa shape index (κ3) is 4.62. The van der Waals surface area contributed by atoms with E-state index in [1.54, 1.807) is 18.2 Å². The summed E-state index contributed by atoms with van der Waals surface area (Å²) in [5.41, 5.74) is 4.07. The lowest BCUT2D eigenvalue weighted by atomic mass is 9.95. The number of fused-ring (bicyclic) bond motifs is 1. The Hall–Kier alpha value is -3.20. The zero-order valence-corrected chi connectivity index (χ0v) is 16.9. The normalized spacial score (nSPS) is 12.9. The molecule has 29 heavy (non-hydrogen) atoms. The first-order valence-electron chi connectivity index (χ1n) is 9.05. The summed E-state index contributed by atoms with van der Waals surface area (Å²) in [6, 6.07) is 7.11. The van der Waals surface area contributed by atoms with E-state index in [1.165, 1.54) is 31.8 Å². The molecule has 152 valence electrons. The van der Waals surface area contributed by atoms with Crippen LogP contribution in [0.2, 0.25) is 0 Å². The molecule has 2 amide bonds. The van der Waals surface area contributed by atoms with Crippen molar-refractivity contribution in [3.05, 3.63) is 45.8 Å². The number of ether oxygens (including phenoxy) is 2. The van der Waals surface area contributed by atoms with Crippen molar-refractivity contribution < 1.29 is 23.9 Å². The topological polar surface area (TPSA) is 106 Å². The second-order valence-corrected chi connectivity index (χ2v) is 7.41. The van der Waals surface area contributed by atoms with Gasteiger partial charge >= 0.3 is 17.8 Å². The lowest BCUT2D eigenvalue weighted by molar-refractivity contribution is -0.136. The number of esters is 1. The summed E-state index contributed by atoms with van der Waals surface area (Å²) in [4.78, 5) is 37.6. The van der Waals surface area contributed by atoms with Crippen LogP contribution >= 0.6 is 11.3 Å². The van der Waals surface area contributed by atoms with Gasteiger partial charge in [-0.05, 0) is 43.4 Å². The van der Waals surface area contributed by atoms with E-state index < -0.39 is 17.8 Å². The third-order valence-electron chi connectivity index (χ3n) is 4.50. The molecule has 0 fully saturated rings. The summed E-state index contributed by atoms with van der Waals surface area (Å²) in [5.74, 6) is -1.79. The summed E-state index contributed by atoms with van der Waals surface area (Å²) >= 11 is 1.31. The van der Waals surface area contributed by atoms with E-state index in [1.807, 2.05) is 6.07 Å². The molecule has 0 bridgehead atoms. The van der Waals surface area contributed by atoms with E-state index in [4.69, 9.17) is 9.47 Å². The van der Waals surface area contributed by atoms with E-state index in [-0.39, 0.29) is 0 Å². The number of nitrogens with zero attached hydrogens (tertiary/aromatic N) is 1. The zero-order chi connectivity index (χ0) is 20.8. The molecule has 2 aromatic rings. The number of hydrogen-bond donors (Lipinski definition) is 2. The van der Waals surface area contributed by atoms with Gasteiger partial charge in [-0.1, -0.05) is 12.1 Å². The van der Waals surface area contributed by atoms with Crippen molar-refractivity contribution in [3.8, 4) is 5.75 Å². The number of rotatable bonds is 5. The predicted octanol–water partition coefficient (Wildman–Crippen LogP) is 2.51. The van der Waals surface area contributed by atoms with Crippen LogP contribution in [0.4, 0.5) is 5.00 Å². The van der Waals surface area contributed by atoms with E-state index in [0.717, 1.165) is 36.1 Å². The molecule has 0 aliphatic heterocycles. The van der Waals surface area contributed by atoms with Gasteiger partial charge < -0.3 is 14.8 Å². The molecule has 1 aliphatic rings. The number of thiophene rings is 1. The molecular weight excluding hydrogens is 394 g/mol. The van der Waals surface area contributed by atoms with E-state index in [2.05, 4.69) is 15.8 Å².